The maximum absolute atomic E-state index is 9.84. The maximum Gasteiger partial charge on any atom is 0.258 e. The molecular formula is C15H19N3O2. The van der Waals surface area contributed by atoms with E-state index in [9.17, 15) is 5.11 Å². The molecule has 0 radical (unpaired) electrons. The van der Waals surface area contributed by atoms with Gasteiger partial charge in [-0.05, 0) is 31.9 Å². The van der Waals surface area contributed by atoms with Crippen LogP contribution < -0.4 is 9.64 Å². The van der Waals surface area contributed by atoms with Crippen molar-refractivity contribution in [3.8, 4) is 5.88 Å². The average Bonchev–Trinajstić information content (AvgIpc) is 2.47. The van der Waals surface area contributed by atoms with Gasteiger partial charge in [-0.2, -0.15) is 0 Å². The molecule has 5 nitrogen and oxygen atoms in total. The largest absolute Gasteiger partial charge is 0.475 e. The highest BCUT2D eigenvalue weighted by molar-refractivity contribution is 5.77. The molecule has 0 aliphatic carbocycles. The van der Waals surface area contributed by atoms with Gasteiger partial charge >= 0.3 is 0 Å². The predicted octanol–water partition coefficient (Wildman–Crippen LogP) is 1.99. The summed E-state index contributed by atoms with van der Waals surface area (Å²) in [4.78, 5) is 11.3. The number of benzene rings is 1. The molecule has 1 fully saturated rings. The van der Waals surface area contributed by atoms with Crippen LogP contribution in [0.4, 0.5) is 5.82 Å². The highest BCUT2D eigenvalue weighted by atomic mass is 16.5. The van der Waals surface area contributed by atoms with Crippen molar-refractivity contribution in [1.29, 1.82) is 0 Å². The van der Waals surface area contributed by atoms with Gasteiger partial charge in [0.05, 0.1) is 23.7 Å². The predicted molar refractivity (Wildman–Crippen MR) is 78.2 cm³/mol. The SMILES string of the molecule is CCOc1nc2ccccc2nc1N1CCC[C@@H](O)C1. The molecule has 3 rings (SSSR count). The quantitative estimate of drug-likeness (QED) is 0.926. The highest BCUT2D eigenvalue weighted by Gasteiger charge is 2.23. The molecule has 2 aromatic rings. The number of hydrogen-bond acceptors (Lipinski definition) is 5. The Kier molecular flexibility index (Phi) is 3.69. The van der Waals surface area contributed by atoms with Gasteiger partial charge in [-0.25, -0.2) is 9.97 Å². The lowest BCUT2D eigenvalue weighted by Crippen LogP contribution is -2.39. The van der Waals surface area contributed by atoms with Gasteiger partial charge in [0.15, 0.2) is 5.82 Å². The summed E-state index contributed by atoms with van der Waals surface area (Å²) in [7, 11) is 0. The topological polar surface area (TPSA) is 58.5 Å². The zero-order valence-corrected chi connectivity index (χ0v) is 11.6. The van der Waals surface area contributed by atoms with Gasteiger partial charge in [-0.15, -0.1) is 0 Å². The first-order valence-corrected chi connectivity index (χ1v) is 7.10. The van der Waals surface area contributed by atoms with Crippen molar-refractivity contribution in [2.24, 2.45) is 0 Å². The summed E-state index contributed by atoms with van der Waals surface area (Å²) in [5.41, 5.74) is 1.68. The Bertz CT molecular complexity index is 603. The number of piperidine rings is 1. The Hall–Kier alpha value is -1.88. The summed E-state index contributed by atoms with van der Waals surface area (Å²) in [5, 5.41) is 9.84. The van der Waals surface area contributed by atoms with Crippen LogP contribution in [0.1, 0.15) is 19.8 Å². The number of nitrogens with zero attached hydrogens (tertiary/aromatic N) is 3. The summed E-state index contributed by atoms with van der Waals surface area (Å²) in [6.07, 6.45) is 1.51. The van der Waals surface area contributed by atoms with Crippen LogP contribution in [-0.2, 0) is 0 Å². The second-order valence-electron chi connectivity index (χ2n) is 5.02. The number of aliphatic hydroxyl groups is 1. The molecule has 1 aliphatic heterocycles. The molecule has 1 aliphatic rings. The number of hydrogen-bond donors (Lipinski definition) is 1. The number of β-amino-alcohol motifs (C(OH)–C–C–N with tert-alkyl or cyclic N) is 1. The second kappa shape index (κ2) is 5.63. The van der Waals surface area contributed by atoms with Crippen molar-refractivity contribution in [1.82, 2.24) is 9.97 Å². The fourth-order valence-corrected chi connectivity index (χ4v) is 2.56. The zero-order valence-electron chi connectivity index (χ0n) is 11.6. The van der Waals surface area contributed by atoms with E-state index in [-0.39, 0.29) is 6.10 Å². The molecule has 5 heteroatoms. The van der Waals surface area contributed by atoms with Crippen LogP contribution in [0.15, 0.2) is 24.3 Å². The van der Waals surface area contributed by atoms with E-state index in [1.165, 1.54) is 0 Å². The molecule has 1 aromatic carbocycles. The molecule has 2 heterocycles. The Balaban J connectivity index is 2.04. The van der Waals surface area contributed by atoms with E-state index in [0.717, 1.165) is 36.2 Å². The van der Waals surface area contributed by atoms with Gasteiger partial charge in [0.2, 0.25) is 0 Å². The fraction of sp³-hybridized carbons (Fsp3) is 0.467. The van der Waals surface area contributed by atoms with Crippen LogP contribution in [0.5, 0.6) is 5.88 Å². The van der Waals surface area contributed by atoms with Gasteiger partial charge in [0.25, 0.3) is 5.88 Å². The Morgan fingerprint density at radius 3 is 2.75 bits per heavy atom. The minimum atomic E-state index is -0.300. The summed E-state index contributed by atoms with van der Waals surface area (Å²) in [6, 6.07) is 7.77. The number of ether oxygens (including phenoxy) is 1. The summed E-state index contributed by atoms with van der Waals surface area (Å²) in [6.45, 7) is 3.96. The third-order valence-corrected chi connectivity index (χ3v) is 3.50. The summed E-state index contributed by atoms with van der Waals surface area (Å²) >= 11 is 0. The molecular weight excluding hydrogens is 254 g/mol. The highest BCUT2D eigenvalue weighted by Crippen LogP contribution is 2.29. The van der Waals surface area contributed by atoms with E-state index in [0.29, 0.717) is 19.0 Å². The number of rotatable bonds is 3. The first-order valence-electron chi connectivity index (χ1n) is 7.10. The number of fused-ring (bicyclic) bond motifs is 1. The average molecular weight is 273 g/mol. The van der Waals surface area contributed by atoms with Crippen molar-refractivity contribution in [3.63, 3.8) is 0 Å². The molecule has 1 saturated heterocycles. The Morgan fingerprint density at radius 1 is 1.30 bits per heavy atom. The molecule has 0 unspecified atom stereocenters. The van der Waals surface area contributed by atoms with Crippen molar-refractivity contribution in [2.75, 3.05) is 24.6 Å². The molecule has 20 heavy (non-hydrogen) atoms. The minimum Gasteiger partial charge on any atom is -0.475 e. The van der Waals surface area contributed by atoms with Crippen LogP contribution in [0, 0.1) is 0 Å². The molecule has 0 bridgehead atoms. The van der Waals surface area contributed by atoms with Gasteiger partial charge in [-0.3, -0.25) is 0 Å². The molecule has 0 amide bonds. The third kappa shape index (κ3) is 2.54. The minimum absolute atomic E-state index is 0.300. The lowest BCUT2D eigenvalue weighted by molar-refractivity contribution is 0.153. The van der Waals surface area contributed by atoms with Crippen molar-refractivity contribution >= 4 is 16.9 Å². The lowest BCUT2D eigenvalue weighted by Gasteiger charge is -2.31. The smallest absolute Gasteiger partial charge is 0.258 e. The monoisotopic (exact) mass is 273 g/mol. The van der Waals surface area contributed by atoms with Crippen LogP contribution in [-0.4, -0.2) is 40.9 Å². The van der Waals surface area contributed by atoms with E-state index in [2.05, 4.69) is 14.9 Å². The summed E-state index contributed by atoms with van der Waals surface area (Å²) in [5.74, 6) is 1.30. The van der Waals surface area contributed by atoms with Crippen LogP contribution in [0.25, 0.3) is 11.0 Å². The maximum atomic E-state index is 9.84. The molecule has 0 spiro atoms. The van der Waals surface area contributed by atoms with Gasteiger partial charge in [-0.1, -0.05) is 12.1 Å². The van der Waals surface area contributed by atoms with E-state index in [4.69, 9.17) is 4.74 Å². The fourth-order valence-electron chi connectivity index (χ4n) is 2.56. The molecule has 1 aromatic heterocycles. The van der Waals surface area contributed by atoms with E-state index in [1.54, 1.807) is 0 Å². The second-order valence-corrected chi connectivity index (χ2v) is 5.02. The molecule has 106 valence electrons. The normalized spacial score (nSPS) is 19.3. The van der Waals surface area contributed by atoms with Crippen LogP contribution in [0.2, 0.25) is 0 Å². The molecule has 1 N–H and O–H groups in total. The van der Waals surface area contributed by atoms with Gasteiger partial charge in [0, 0.05) is 13.1 Å². The van der Waals surface area contributed by atoms with E-state index in [1.807, 2.05) is 31.2 Å². The number of anilines is 1. The third-order valence-electron chi connectivity index (χ3n) is 3.50. The lowest BCUT2D eigenvalue weighted by atomic mass is 10.1. The van der Waals surface area contributed by atoms with Crippen molar-refractivity contribution < 1.29 is 9.84 Å². The van der Waals surface area contributed by atoms with E-state index < -0.39 is 0 Å². The first kappa shape index (κ1) is 13.1. The standard InChI is InChI=1S/C15H19N3O2/c1-2-20-15-14(18-9-5-6-11(19)10-18)16-12-7-3-4-8-13(12)17-15/h3-4,7-8,11,19H,2,5-6,9-10H2,1H3/t11-/m1/s1. The van der Waals surface area contributed by atoms with Crippen LogP contribution >= 0.6 is 0 Å². The number of aliphatic hydroxyl groups excluding tert-OH is 1. The first-order chi connectivity index (χ1) is 9.78. The van der Waals surface area contributed by atoms with E-state index >= 15 is 0 Å². The van der Waals surface area contributed by atoms with Crippen LogP contribution in [0.3, 0.4) is 0 Å². The Morgan fingerprint density at radius 2 is 2.05 bits per heavy atom. The number of aromatic nitrogens is 2. The zero-order chi connectivity index (χ0) is 13.9. The Labute approximate surface area is 118 Å². The number of para-hydroxylation sites is 2. The van der Waals surface area contributed by atoms with Crippen molar-refractivity contribution in [2.45, 2.75) is 25.9 Å². The summed E-state index contributed by atoms with van der Waals surface area (Å²) < 4.78 is 5.64. The van der Waals surface area contributed by atoms with Gasteiger partial charge in [0.1, 0.15) is 0 Å². The molecule has 0 saturated carbocycles. The van der Waals surface area contributed by atoms with Crippen molar-refractivity contribution in [3.05, 3.63) is 24.3 Å². The molecule has 1 atom stereocenters. The van der Waals surface area contributed by atoms with Gasteiger partial charge < -0.3 is 14.7 Å².